The van der Waals surface area contributed by atoms with E-state index in [0.717, 1.165) is 0 Å². The summed E-state index contributed by atoms with van der Waals surface area (Å²) >= 11 is 6.17. The number of benzene rings is 1. The van der Waals surface area contributed by atoms with Gasteiger partial charge in [0, 0.05) is 19.3 Å². The first kappa shape index (κ1) is 15.1. The number of rotatable bonds is 5. The first-order valence-electron chi connectivity index (χ1n) is 6.97. The molecule has 1 aromatic rings. The van der Waals surface area contributed by atoms with E-state index < -0.39 is 28.4 Å². The highest BCUT2D eigenvalue weighted by Gasteiger charge is 2.66. The van der Waals surface area contributed by atoms with Crippen molar-refractivity contribution in [3.63, 3.8) is 0 Å². The molecule has 7 heteroatoms. The van der Waals surface area contributed by atoms with Crippen molar-refractivity contribution in [3.8, 4) is 5.75 Å². The van der Waals surface area contributed by atoms with Gasteiger partial charge in [0.15, 0.2) is 0 Å². The number of aromatic hydroxyl groups is 1. The number of aliphatic carboxylic acids is 1. The van der Waals surface area contributed by atoms with E-state index in [1.165, 1.54) is 12.1 Å². The number of alkyl halides is 1. The van der Waals surface area contributed by atoms with Gasteiger partial charge >= 0.3 is 5.97 Å². The second kappa shape index (κ2) is 5.14. The SMILES string of the molecule is O=C(O)[C@H](Cc1ccc(O)cc1)NC(=O)C12CC(Cl)(CO1)C2. The van der Waals surface area contributed by atoms with Crippen LogP contribution in [0.25, 0.3) is 0 Å². The molecule has 2 aliphatic heterocycles. The molecular formula is C15H16ClNO5. The number of carbonyl (C=O) groups excluding carboxylic acids is 1. The van der Waals surface area contributed by atoms with E-state index in [4.69, 9.17) is 16.3 Å². The lowest BCUT2D eigenvalue weighted by atomic mass is 9.73. The third-order valence-electron chi connectivity index (χ3n) is 4.21. The Bertz CT molecular complexity index is 609. The molecule has 0 radical (unpaired) electrons. The van der Waals surface area contributed by atoms with Crippen LogP contribution in [0.1, 0.15) is 18.4 Å². The van der Waals surface area contributed by atoms with E-state index in [0.29, 0.717) is 25.0 Å². The van der Waals surface area contributed by atoms with Crippen LogP contribution in [-0.4, -0.2) is 45.2 Å². The predicted molar refractivity (Wildman–Crippen MR) is 77.9 cm³/mol. The molecule has 4 rings (SSSR count). The topological polar surface area (TPSA) is 95.9 Å². The molecule has 1 amide bonds. The number of nitrogens with one attached hydrogen (secondary N) is 1. The molecule has 3 fully saturated rings. The summed E-state index contributed by atoms with van der Waals surface area (Å²) in [7, 11) is 0. The molecule has 118 valence electrons. The zero-order valence-electron chi connectivity index (χ0n) is 11.7. The Morgan fingerprint density at radius 1 is 1.32 bits per heavy atom. The maximum Gasteiger partial charge on any atom is 0.326 e. The van der Waals surface area contributed by atoms with Gasteiger partial charge in [0.2, 0.25) is 0 Å². The summed E-state index contributed by atoms with van der Waals surface area (Å²) in [5, 5.41) is 21.1. The van der Waals surface area contributed by atoms with E-state index >= 15 is 0 Å². The predicted octanol–water partition coefficient (Wildman–Crippen LogP) is 1.04. The van der Waals surface area contributed by atoms with Gasteiger partial charge in [-0.1, -0.05) is 12.1 Å². The molecule has 0 spiro atoms. The van der Waals surface area contributed by atoms with Crippen LogP contribution >= 0.6 is 11.6 Å². The Kier molecular flexibility index (Phi) is 3.53. The Labute approximate surface area is 132 Å². The van der Waals surface area contributed by atoms with Crippen molar-refractivity contribution in [1.82, 2.24) is 5.32 Å². The third-order valence-corrected chi connectivity index (χ3v) is 4.58. The molecule has 1 aliphatic carbocycles. The number of amides is 1. The van der Waals surface area contributed by atoms with Crippen molar-refractivity contribution in [1.29, 1.82) is 0 Å². The Morgan fingerprint density at radius 2 is 1.95 bits per heavy atom. The smallest absolute Gasteiger partial charge is 0.326 e. The number of phenolic OH excluding ortho intramolecular Hbond substituents is 1. The minimum Gasteiger partial charge on any atom is -0.508 e. The van der Waals surface area contributed by atoms with Crippen molar-refractivity contribution in [2.24, 2.45) is 0 Å². The Hall–Kier alpha value is -1.79. The highest BCUT2D eigenvalue weighted by atomic mass is 35.5. The Morgan fingerprint density at radius 3 is 2.45 bits per heavy atom. The van der Waals surface area contributed by atoms with Crippen molar-refractivity contribution < 1.29 is 24.5 Å². The number of carboxylic acid groups (broad SMARTS) is 1. The van der Waals surface area contributed by atoms with Gasteiger partial charge in [-0.25, -0.2) is 4.79 Å². The summed E-state index contributed by atoms with van der Waals surface area (Å²) in [6, 6.07) is 5.13. The van der Waals surface area contributed by atoms with Crippen LogP contribution < -0.4 is 5.32 Å². The van der Waals surface area contributed by atoms with E-state index in [2.05, 4.69) is 5.32 Å². The number of fused-ring (bicyclic) bond motifs is 1. The molecule has 6 nitrogen and oxygen atoms in total. The lowest BCUT2D eigenvalue weighted by molar-refractivity contribution is -0.149. The summed E-state index contributed by atoms with van der Waals surface area (Å²) in [5.74, 6) is -1.44. The molecule has 1 aromatic carbocycles. The fourth-order valence-corrected chi connectivity index (χ4v) is 3.51. The van der Waals surface area contributed by atoms with Crippen molar-refractivity contribution in [2.45, 2.75) is 35.8 Å². The van der Waals surface area contributed by atoms with Crippen molar-refractivity contribution >= 4 is 23.5 Å². The lowest BCUT2D eigenvalue weighted by Crippen LogP contribution is -2.58. The molecule has 2 bridgehead atoms. The van der Waals surface area contributed by atoms with Crippen LogP contribution in [0, 0.1) is 0 Å². The zero-order chi connectivity index (χ0) is 16.0. The van der Waals surface area contributed by atoms with E-state index in [1.54, 1.807) is 12.1 Å². The first-order valence-corrected chi connectivity index (χ1v) is 7.34. The highest BCUT2D eigenvalue weighted by Crippen LogP contribution is 2.55. The fourth-order valence-electron chi connectivity index (χ4n) is 3.03. The van der Waals surface area contributed by atoms with Crippen molar-refractivity contribution in [2.75, 3.05) is 6.61 Å². The maximum atomic E-state index is 12.3. The molecule has 2 saturated heterocycles. The minimum atomic E-state index is -1.12. The first-order chi connectivity index (χ1) is 10.3. The van der Waals surface area contributed by atoms with Gasteiger partial charge in [0.05, 0.1) is 11.5 Å². The molecule has 3 N–H and O–H groups in total. The van der Waals surface area contributed by atoms with Crippen LogP contribution in [0.4, 0.5) is 0 Å². The van der Waals surface area contributed by atoms with Crippen LogP contribution in [0.15, 0.2) is 24.3 Å². The van der Waals surface area contributed by atoms with Crippen LogP contribution in [-0.2, 0) is 20.7 Å². The van der Waals surface area contributed by atoms with Crippen LogP contribution in [0.3, 0.4) is 0 Å². The summed E-state index contributed by atoms with van der Waals surface area (Å²) in [4.78, 5) is 23.2. The number of halogens is 1. The fraction of sp³-hybridized carbons (Fsp3) is 0.467. The van der Waals surface area contributed by atoms with Gasteiger partial charge in [-0.3, -0.25) is 4.79 Å². The summed E-state index contributed by atoms with van der Waals surface area (Å²) < 4.78 is 5.46. The molecule has 3 aliphatic rings. The van der Waals surface area contributed by atoms with Gasteiger partial charge in [-0.15, -0.1) is 11.6 Å². The number of ether oxygens (including phenoxy) is 1. The van der Waals surface area contributed by atoms with Crippen LogP contribution in [0.2, 0.25) is 0 Å². The maximum absolute atomic E-state index is 12.3. The standard InChI is InChI=1S/C15H16ClNO5/c16-14-6-15(7-14,22-8-14)13(21)17-11(12(19)20)5-9-1-3-10(18)4-2-9/h1-4,11,18H,5-8H2,(H,17,21)(H,19,20)/t11-,14?,15?/m0/s1. The molecular weight excluding hydrogens is 310 g/mol. The van der Waals surface area contributed by atoms with Crippen molar-refractivity contribution in [3.05, 3.63) is 29.8 Å². The second-order valence-electron chi connectivity index (χ2n) is 6.02. The number of hydrogen-bond donors (Lipinski definition) is 3. The summed E-state index contributed by atoms with van der Waals surface area (Å²) in [6.45, 7) is 0.317. The number of carboxylic acids is 1. The average molecular weight is 326 g/mol. The lowest BCUT2D eigenvalue weighted by Gasteiger charge is -2.39. The largest absolute Gasteiger partial charge is 0.508 e. The molecule has 0 aromatic heterocycles. The van der Waals surface area contributed by atoms with E-state index in [9.17, 15) is 19.8 Å². The number of hydrogen-bond acceptors (Lipinski definition) is 4. The summed E-state index contributed by atoms with van der Waals surface area (Å²) in [5.41, 5.74) is -0.264. The third kappa shape index (κ3) is 2.64. The highest BCUT2D eigenvalue weighted by molar-refractivity contribution is 6.26. The normalized spacial score (nSPS) is 30.4. The molecule has 2 heterocycles. The molecule has 1 atom stereocenters. The monoisotopic (exact) mass is 325 g/mol. The average Bonchev–Trinajstić information content (AvgIpc) is 2.94. The van der Waals surface area contributed by atoms with Gasteiger partial charge in [0.25, 0.3) is 5.91 Å². The van der Waals surface area contributed by atoms with E-state index in [-0.39, 0.29) is 12.2 Å². The van der Waals surface area contributed by atoms with Gasteiger partial charge in [-0.05, 0) is 17.7 Å². The Balaban J connectivity index is 1.66. The minimum absolute atomic E-state index is 0.103. The molecule has 22 heavy (non-hydrogen) atoms. The molecule has 0 unspecified atom stereocenters. The van der Waals surface area contributed by atoms with E-state index in [1.807, 2.05) is 0 Å². The summed E-state index contributed by atoms with van der Waals surface area (Å²) in [6.07, 6.45) is 0.960. The number of phenols is 1. The van der Waals surface area contributed by atoms with Crippen LogP contribution in [0.5, 0.6) is 5.75 Å². The van der Waals surface area contributed by atoms with Gasteiger partial charge in [-0.2, -0.15) is 0 Å². The molecule has 1 saturated carbocycles. The second-order valence-corrected chi connectivity index (χ2v) is 6.82. The quantitative estimate of drug-likeness (QED) is 0.703. The van der Waals surface area contributed by atoms with Gasteiger partial charge < -0.3 is 20.3 Å². The van der Waals surface area contributed by atoms with Gasteiger partial charge in [0.1, 0.15) is 17.4 Å². The zero-order valence-corrected chi connectivity index (χ0v) is 12.5. The number of carbonyl (C=O) groups is 2.